The van der Waals surface area contributed by atoms with E-state index in [4.69, 9.17) is 14.7 Å². The van der Waals surface area contributed by atoms with Crippen molar-refractivity contribution < 1.29 is 19.1 Å². The Morgan fingerprint density at radius 3 is 2.51 bits per heavy atom. The number of thioether (sulfide) groups is 1. The SMILES string of the molecule is CCc1cccnc1SCC(=O)OC(C(=O)NCCc1ccc(OC)cc1)c1ccc(C#N)cc1. The third-order valence-electron chi connectivity index (χ3n) is 5.26. The Morgan fingerprint density at radius 1 is 1.11 bits per heavy atom. The van der Waals surface area contributed by atoms with Gasteiger partial charge in [0, 0.05) is 18.3 Å². The summed E-state index contributed by atoms with van der Waals surface area (Å²) in [5.41, 5.74) is 3.04. The number of pyridine rings is 1. The molecule has 0 bridgehead atoms. The number of nitriles is 1. The molecule has 0 radical (unpaired) electrons. The number of ether oxygens (including phenoxy) is 2. The van der Waals surface area contributed by atoms with Gasteiger partial charge in [-0.2, -0.15) is 5.26 Å². The van der Waals surface area contributed by atoms with Crippen LogP contribution in [-0.4, -0.2) is 36.3 Å². The number of hydrogen-bond acceptors (Lipinski definition) is 7. The summed E-state index contributed by atoms with van der Waals surface area (Å²) in [4.78, 5) is 30.0. The summed E-state index contributed by atoms with van der Waals surface area (Å²) in [5.74, 6) is -0.160. The molecule has 1 amide bonds. The second kappa shape index (κ2) is 13.2. The first-order chi connectivity index (χ1) is 17.0. The molecule has 1 unspecified atom stereocenters. The molecule has 0 spiro atoms. The number of aromatic nitrogens is 1. The molecule has 8 heteroatoms. The Bertz CT molecular complexity index is 1170. The minimum Gasteiger partial charge on any atom is -0.497 e. The molecule has 0 saturated heterocycles. The van der Waals surface area contributed by atoms with Gasteiger partial charge in [0.1, 0.15) is 5.75 Å². The van der Waals surface area contributed by atoms with E-state index in [1.54, 1.807) is 37.6 Å². The standard InChI is InChI=1S/C27H27N3O4S/c1-3-21-5-4-15-30-27(21)35-18-24(31)34-25(22-10-6-20(17-28)7-11-22)26(32)29-16-14-19-8-12-23(33-2)13-9-19/h4-13,15,25H,3,14,16,18H2,1-2H3,(H,29,32). The van der Waals surface area contributed by atoms with E-state index in [1.807, 2.05) is 49.4 Å². The fraction of sp³-hybridized carbons (Fsp3) is 0.259. The molecule has 7 nitrogen and oxygen atoms in total. The van der Waals surface area contributed by atoms with Crippen LogP contribution in [0.2, 0.25) is 0 Å². The first kappa shape index (κ1) is 25.8. The quantitative estimate of drug-likeness (QED) is 0.317. The maximum atomic E-state index is 13.0. The molecule has 0 aliphatic heterocycles. The van der Waals surface area contributed by atoms with E-state index in [-0.39, 0.29) is 5.75 Å². The van der Waals surface area contributed by atoms with Crippen molar-refractivity contribution in [3.63, 3.8) is 0 Å². The third-order valence-corrected chi connectivity index (χ3v) is 6.28. The van der Waals surface area contributed by atoms with Crippen molar-refractivity contribution in [1.82, 2.24) is 10.3 Å². The van der Waals surface area contributed by atoms with Crippen molar-refractivity contribution in [3.05, 3.63) is 89.1 Å². The van der Waals surface area contributed by atoms with Gasteiger partial charge in [-0.05, 0) is 54.3 Å². The highest BCUT2D eigenvalue weighted by molar-refractivity contribution is 7.99. The number of hydrogen-bond donors (Lipinski definition) is 1. The number of nitrogens with zero attached hydrogens (tertiary/aromatic N) is 2. The van der Waals surface area contributed by atoms with Crippen LogP contribution in [0.5, 0.6) is 5.75 Å². The molecule has 1 atom stereocenters. The maximum absolute atomic E-state index is 13.0. The summed E-state index contributed by atoms with van der Waals surface area (Å²) >= 11 is 1.28. The smallest absolute Gasteiger partial charge is 0.317 e. The number of nitrogens with one attached hydrogen (secondary N) is 1. The van der Waals surface area contributed by atoms with Crippen LogP contribution < -0.4 is 10.1 Å². The third kappa shape index (κ3) is 7.59. The Balaban J connectivity index is 1.64. The number of carbonyl (C=O) groups excluding carboxylic acids is 2. The molecular weight excluding hydrogens is 462 g/mol. The zero-order valence-electron chi connectivity index (χ0n) is 19.7. The highest BCUT2D eigenvalue weighted by Gasteiger charge is 2.25. The minimum atomic E-state index is -1.12. The summed E-state index contributed by atoms with van der Waals surface area (Å²) in [6.45, 7) is 2.40. The molecule has 1 aromatic heterocycles. The van der Waals surface area contributed by atoms with Crippen LogP contribution in [0.1, 0.15) is 35.3 Å². The van der Waals surface area contributed by atoms with Crippen LogP contribution in [0.4, 0.5) is 0 Å². The summed E-state index contributed by atoms with van der Waals surface area (Å²) in [6, 6.07) is 19.9. The lowest BCUT2D eigenvalue weighted by molar-refractivity contribution is -0.154. The number of carbonyl (C=O) groups is 2. The van der Waals surface area contributed by atoms with Crippen LogP contribution in [0.3, 0.4) is 0 Å². The Hall–Kier alpha value is -3.83. The lowest BCUT2D eigenvalue weighted by Crippen LogP contribution is -2.33. The number of rotatable bonds is 11. The van der Waals surface area contributed by atoms with Gasteiger partial charge in [-0.1, -0.05) is 49.0 Å². The predicted octanol–water partition coefficient (Wildman–Crippen LogP) is 4.26. The van der Waals surface area contributed by atoms with E-state index >= 15 is 0 Å². The second-order valence-corrected chi connectivity index (χ2v) is 8.57. The lowest BCUT2D eigenvalue weighted by Gasteiger charge is -2.18. The van der Waals surface area contributed by atoms with E-state index in [9.17, 15) is 9.59 Å². The van der Waals surface area contributed by atoms with Crippen molar-refractivity contribution in [1.29, 1.82) is 5.26 Å². The fourth-order valence-corrected chi connectivity index (χ4v) is 4.19. The molecule has 0 fully saturated rings. The minimum absolute atomic E-state index is 0.0237. The van der Waals surface area contributed by atoms with E-state index < -0.39 is 18.0 Å². The van der Waals surface area contributed by atoms with Crippen LogP contribution in [0.25, 0.3) is 0 Å². The van der Waals surface area contributed by atoms with Crippen molar-refractivity contribution >= 4 is 23.6 Å². The Kier molecular flexibility index (Phi) is 9.69. The largest absolute Gasteiger partial charge is 0.497 e. The molecular formula is C27H27N3O4S. The monoisotopic (exact) mass is 489 g/mol. The molecule has 1 heterocycles. The second-order valence-electron chi connectivity index (χ2n) is 7.60. The average molecular weight is 490 g/mol. The predicted molar refractivity (Wildman–Crippen MR) is 134 cm³/mol. The van der Waals surface area contributed by atoms with E-state index in [1.165, 1.54) is 11.8 Å². The van der Waals surface area contributed by atoms with Crippen LogP contribution in [0.15, 0.2) is 71.9 Å². The molecule has 1 N–H and O–H groups in total. The number of aryl methyl sites for hydroxylation is 1. The normalized spacial score (nSPS) is 11.2. The van der Waals surface area contributed by atoms with Crippen molar-refractivity contribution in [2.24, 2.45) is 0 Å². The first-order valence-corrected chi connectivity index (χ1v) is 12.2. The summed E-state index contributed by atoms with van der Waals surface area (Å²) in [7, 11) is 1.61. The number of benzene rings is 2. The van der Waals surface area contributed by atoms with Gasteiger partial charge in [-0.3, -0.25) is 9.59 Å². The van der Waals surface area contributed by atoms with Crippen molar-refractivity contribution in [3.8, 4) is 11.8 Å². The molecule has 180 valence electrons. The average Bonchev–Trinajstić information content (AvgIpc) is 2.91. The van der Waals surface area contributed by atoms with Crippen LogP contribution in [-0.2, 0) is 27.2 Å². The van der Waals surface area contributed by atoms with Gasteiger partial charge in [0.05, 0.1) is 29.5 Å². The van der Waals surface area contributed by atoms with Crippen LogP contribution in [0, 0.1) is 11.3 Å². The van der Waals surface area contributed by atoms with E-state index in [0.29, 0.717) is 24.1 Å². The first-order valence-electron chi connectivity index (χ1n) is 11.2. The summed E-state index contributed by atoms with van der Waals surface area (Å²) in [5, 5.41) is 12.7. The molecule has 3 rings (SSSR count). The molecule has 3 aromatic rings. The van der Waals surface area contributed by atoms with Gasteiger partial charge >= 0.3 is 5.97 Å². The molecule has 35 heavy (non-hydrogen) atoms. The molecule has 0 aliphatic carbocycles. The lowest BCUT2D eigenvalue weighted by atomic mass is 10.1. The van der Waals surface area contributed by atoms with Gasteiger partial charge < -0.3 is 14.8 Å². The van der Waals surface area contributed by atoms with Crippen molar-refractivity contribution in [2.75, 3.05) is 19.4 Å². The maximum Gasteiger partial charge on any atom is 0.317 e. The Morgan fingerprint density at radius 2 is 1.86 bits per heavy atom. The number of methoxy groups -OCH3 is 1. The number of amides is 1. The van der Waals surface area contributed by atoms with Crippen LogP contribution >= 0.6 is 11.8 Å². The molecule has 0 saturated carbocycles. The van der Waals surface area contributed by atoms with Crippen molar-refractivity contribution in [2.45, 2.75) is 30.9 Å². The van der Waals surface area contributed by atoms with E-state index in [2.05, 4.69) is 10.3 Å². The Labute approximate surface area is 209 Å². The summed E-state index contributed by atoms with van der Waals surface area (Å²) in [6.07, 6.45) is 1.97. The topological polar surface area (TPSA) is 101 Å². The zero-order valence-corrected chi connectivity index (χ0v) is 20.5. The van der Waals surface area contributed by atoms with Gasteiger partial charge in [-0.15, -0.1) is 0 Å². The highest BCUT2D eigenvalue weighted by Crippen LogP contribution is 2.23. The fourth-order valence-electron chi connectivity index (χ4n) is 3.34. The molecule has 2 aromatic carbocycles. The number of esters is 1. The zero-order chi connectivity index (χ0) is 25.0. The van der Waals surface area contributed by atoms with Gasteiger partial charge in [0.2, 0.25) is 6.10 Å². The van der Waals surface area contributed by atoms with Gasteiger partial charge in [-0.25, -0.2) is 4.98 Å². The highest BCUT2D eigenvalue weighted by atomic mass is 32.2. The summed E-state index contributed by atoms with van der Waals surface area (Å²) < 4.78 is 10.8. The molecule has 0 aliphatic rings. The van der Waals surface area contributed by atoms with E-state index in [0.717, 1.165) is 28.3 Å². The van der Waals surface area contributed by atoms with Gasteiger partial charge in [0.15, 0.2) is 0 Å². The van der Waals surface area contributed by atoms with Gasteiger partial charge in [0.25, 0.3) is 5.91 Å².